The topological polar surface area (TPSA) is 96.4 Å². The van der Waals surface area contributed by atoms with Gasteiger partial charge in [-0.1, -0.05) is 0 Å². The van der Waals surface area contributed by atoms with Crippen LogP contribution in [-0.2, 0) is 20.5 Å². The molecule has 0 atom stereocenters. The number of aromatic nitrogens is 8. The van der Waals surface area contributed by atoms with Crippen molar-refractivity contribution in [1.82, 2.24) is 40.4 Å². The molecule has 3 rings (SSSR count). The van der Waals surface area contributed by atoms with E-state index in [1.807, 2.05) is 33.0 Å². The Balaban J connectivity index is 1.64. The van der Waals surface area contributed by atoms with Crippen LogP contribution in [0.4, 0.5) is 0 Å². The molecule has 126 valence electrons. The smallest absolute Gasteiger partial charge is 0.204 e. The summed E-state index contributed by atoms with van der Waals surface area (Å²) < 4.78 is 7.64. The van der Waals surface area contributed by atoms with Crippen molar-refractivity contribution in [2.75, 3.05) is 6.61 Å². The van der Waals surface area contributed by atoms with Crippen LogP contribution in [0.5, 0.6) is 5.75 Å². The fourth-order valence-corrected chi connectivity index (χ4v) is 2.57. The number of tetrazole rings is 2. The van der Waals surface area contributed by atoms with Crippen molar-refractivity contribution >= 4 is 0 Å². The molecule has 0 fully saturated rings. The first-order chi connectivity index (χ1) is 11.5. The monoisotopic (exact) mass is 328 g/mol. The van der Waals surface area contributed by atoms with E-state index in [4.69, 9.17) is 4.74 Å². The van der Waals surface area contributed by atoms with Crippen LogP contribution in [-0.4, -0.2) is 47.0 Å². The summed E-state index contributed by atoms with van der Waals surface area (Å²) in [4.78, 5) is 1.45. The van der Waals surface area contributed by atoms with E-state index >= 15 is 0 Å². The van der Waals surface area contributed by atoms with Crippen molar-refractivity contribution in [3.63, 3.8) is 0 Å². The van der Waals surface area contributed by atoms with E-state index < -0.39 is 0 Å². The Morgan fingerprint density at radius 2 is 1.79 bits per heavy atom. The van der Waals surface area contributed by atoms with Gasteiger partial charge in [0.25, 0.3) is 0 Å². The summed E-state index contributed by atoms with van der Waals surface area (Å²) in [5.74, 6) is 2.37. The molecule has 3 aromatic rings. The second-order valence-corrected chi connectivity index (χ2v) is 5.71. The number of hydrogen-bond donors (Lipinski definition) is 0. The first-order valence-electron chi connectivity index (χ1n) is 7.74. The molecule has 0 saturated carbocycles. The zero-order valence-corrected chi connectivity index (χ0v) is 14.3. The van der Waals surface area contributed by atoms with Gasteiger partial charge in [0.15, 0.2) is 5.82 Å². The Labute approximate surface area is 139 Å². The minimum atomic E-state index is 0.608. The largest absolute Gasteiger partial charge is 0.493 e. The SMILES string of the molecule is Cc1cc(-c2nnn(C)n2)cc(C)c1OCCCc1nnnn1C. The molecule has 0 radical (unpaired) electrons. The van der Waals surface area contributed by atoms with E-state index in [9.17, 15) is 0 Å². The Kier molecular flexibility index (Phi) is 4.50. The highest BCUT2D eigenvalue weighted by Gasteiger charge is 2.11. The highest BCUT2D eigenvalue weighted by molar-refractivity contribution is 5.60. The van der Waals surface area contributed by atoms with Gasteiger partial charge in [-0.15, -0.1) is 15.3 Å². The van der Waals surface area contributed by atoms with Gasteiger partial charge in [-0.3, -0.25) is 0 Å². The van der Waals surface area contributed by atoms with Gasteiger partial charge in [-0.2, -0.15) is 4.80 Å². The molecule has 0 aliphatic rings. The van der Waals surface area contributed by atoms with Gasteiger partial charge in [0.05, 0.1) is 13.7 Å². The highest BCUT2D eigenvalue weighted by Crippen LogP contribution is 2.28. The Bertz CT molecular complexity index is 815. The second kappa shape index (κ2) is 6.73. The predicted molar refractivity (Wildman–Crippen MR) is 86.3 cm³/mol. The summed E-state index contributed by atoms with van der Waals surface area (Å²) in [5, 5.41) is 23.6. The average molecular weight is 328 g/mol. The summed E-state index contributed by atoms with van der Waals surface area (Å²) in [6, 6.07) is 4.04. The van der Waals surface area contributed by atoms with Crippen LogP contribution < -0.4 is 4.74 Å². The minimum absolute atomic E-state index is 0.608. The lowest BCUT2D eigenvalue weighted by Gasteiger charge is -2.13. The van der Waals surface area contributed by atoms with E-state index in [-0.39, 0.29) is 0 Å². The number of aryl methyl sites for hydroxylation is 5. The van der Waals surface area contributed by atoms with Crippen molar-refractivity contribution < 1.29 is 4.74 Å². The van der Waals surface area contributed by atoms with Crippen LogP contribution in [0.2, 0.25) is 0 Å². The summed E-state index contributed by atoms with van der Waals surface area (Å²) in [7, 11) is 3.59. The summed E-state index contributed by atoms with van der Waals surface area (Å²) >= 11 is 0. The van der Waals surface area contributed by atoms with Crippen LogP contribution in [0, 0.1) is 13.8 Å². The fraction of sp³-hybridized carbons (Fsp3) is 0.467. The maximum Gasteiger partial charge on any atom is 0.204 e. The predicted octanol–water partition coefficient (Wildman–Crippen LogP) is 1.03. The summed E-state index contributed by atoms with van der Waals surface area (Å²) in [5.41, 5.74) is 3.05. The summed E-state index contributed by atoms with van der Waals surface area (Å²) in [6.45, 7) is 4.65. The van der Waals surface area contributed by atoms with Crippen molar-refractivity contribution in [2.24, 2.45) is 14.1 Å². The molecule has 0 unspecified atom stereocenters. The van der Waals surface area contributed by atoms with E-state index in [0.717, 1.165) is 41.1 Å². The third-order valence-electron chi connectivity index (χ3n) is 3.73. The average Bonchev–Trinajstić information content (AvgIpc) is 3.14. The second-order valence-electron chi connectivity index (χ2n) is 5.71. The van der Waals surface area contributed by atoms with Gasteiger partial charge < -0.3 is 4.74 Å². The van der Waals surface area contributed by atoms with Gasteiger partial charge >= 0.3 is 0 Å². The van der Waals surface area contributed by atoms with Crippen molar-refractivity contribution in [1.29, 1.82) is 0 Å². The number of ether oxygens (including phenoxy) is 1. The van der Waals surface area contributed by atoms with Gasteiger partial charge in [-0.05, 0) is 59.2 Å². The molecule has 2 aromatic heterocycles. The lowest BCUT2D eigenvalue weighted by molar-refractivity contribution is 0.305. The number of benzene rings is 1. The molecule has 0 bridgehead atoms. The van der Waals surface area contributed by atoms with Gasteiger partial charge in [0, 0.05) is 19.0 Å². The zero-order chi connectivity index (χ0) is 17.1. The van der Waals surface area contributed by atoms with Crippen LogP contribution in [0.1, 0.15) is 23.4 Å². The third-order valence-corrected chi connectivity index (χ3v) is 3.73. The molecule has 9 heteroatoms. The molecular formula is C15H20N8O. The maximum atomic E-state index is 5.96. The number of hydrogen-bond acceptors (Lipinski definition) is 7. The van der Waals surface area contributed by atoms with Crippen molar-refractivity contribution in [2.45, 2.75) is 26.7 Å². The van der Waals surface area contributed by atoms with Crippen LogP contribution in [0.3, 0.4) is 0 Å². The Morgan fingerprint density at radius 3 is 2.38 bits per heavy atom. The lowest BCUT2D eigenvalue weighted by atomic mass is 10.1. The minimum Gasteiger partial charge on any atom is -0.493 e. The normalized spacial score (nSPS) is 11.0. The fourth-order valence-electron chi connectivity index (χ4n) is 2.57. The number of rotatable bonds is 6. The van der Waals surface area contributed by atoms with E-state index in [0.29, 0.717) is 12.4 Å². The molecule has 0 aliphatic carbocycles. The first kappa shape index (κ1) is 16.0. The van der Waals surface area contributed by atoms with E-state index in [1.165, 1.54) is 4.80 Å². The molecule has 0 spiro atoms. The van der Waals surface area contributed by atoms with Gasteiger partial charge in [0.1, 0.15) is 5.75 Å². The van der Waals surface area contributed by atoms with Gasteiger partial charge in [-0.25, -0.2) is 4.68 Å². The molecule has 2 heterocycles. The van der Waals surface area contributed by atoms with Gasteiger partial charge in [0.2, 0.25) is 5.82 Å². The Hall–Kier alpha value is -2.84. The highest BCUT2D eigenvalue weighted by atomic mass is 16.5. The van der Waals surface area contributed by atoms with Crippen molar-refractivity contribution in [3.05, 3.63) is 29.1 Å². The number of nitrogens with zero attached hydrogens (tertiary/aromatic N) is 8. The zero-order valence-electron chi connectivity index (χ0n) is 14.3. The molecular weight excluding hydrogens is 308 g/mol. The lowest BCUT2D eigenvalue weighted by Crippen LogP contribution is -2.05. The first-order valence-corrected chi connectivity index (χ1v) is 7.74. The maximum absolute atomic E-state index is 5.96. The summed E-state index contributed by atoms with van der Waals surface area (Å²) in [6.07, 6.45) is 1.63. The standard InChI is InChI=1S/C15H20N8O/c1-10-8-12(15-17-20-23(4)18-15)9-11(2)14(10)24-7-5-6-13-16-19-21-22(13)3/h8-9H,5-7H2,1-4H3. The van der Waals surface area contributed by atoms with Crippen molar-refractivity contribution in [3.8, 4) is 17.1 Å². The van der Waals surface area contributed by atoms with Crippen LogP contribution in [0.15, 0.2) is 12.1 Å². The van der Waals surface area contributed by atoms with Crippen LogP contribution in [0.25, 0.3) is 11.4 Å². The van der Waals surface area contributed by atoms with E-state index in [1.54, 1.807) is 11.7 Å². The third kappa shape index (κ3) is 3.39. The molecule has 0 saturated heterocycles. The molecule has 0 aliphatic heterocycles. The Morgan fingerprint density at radius 1 is 1.04 bits per heavy atom. The van der Waals surface area contributed by atoms with Crippen LogP contribution >= 0.6 is 0 Å². The van der Waals surface area contributed by atoms with E-state index in [2.05, 4.69) is 30.9 Å². The molecule has 9 nitrogen and oxygen atoms in total. The molecule has 24 heavy (non-hydrogen) atoms. The molecule has 0 amide bonds. The quantitative estimate of drug-likeness (QED) is 0.623. The molecule has 0 N–H and O–H groups in total. The molecule has 1 aromatic carbocycles.